The zero-order chi connectivity index (χ0) is 25.7. The molecule has 15 heteroatoms. The topological polar surface area (TPSA) is 264 Å². The number of carbonyl (C=O) groups is 4. The molecule has 1 rings (SSSR count). The van der Waals surface area contributed by atoms with E-state index in [0.29, 0.717) is 0 Å². The van der Waals surface area contributed by atoms with Gasteiger partial charge in [-0.3, -0.25) is 19.2 Å². The smallest absolute Gasteiger partial charge is 0.317 e. The molecule has 0 bridgehead atoms. The summed E-state index contributed by atoms with van der Waals surface area (Å²) in [5.74, 6) is -3.11. The maximum absolute atomic E-state index is 11.3. The van der Waals surface area contributed by atoms with Gasteiger partial charge in [0.15, 0.2) is 6.29 Å². The van der Waals surface area contributed by atoms with Gasteiger partial charge in [0, 0.05) is 19.9 Å². The molecule has 1 saturated heterocycles. The van der Waals surface area contributed by atoms with Crippen LogP contribution in [0.15, 0.2) is 0 Å². The van der Waals surface area contributed by atoms with Gasteiger partial charge in [0.05, 0.1) is 25.3 Å². The molecule has 0 radical (unpaired) electrons. The van der Waals surface area contributed by atoms with E-state index in [1.54, 1.807) is 6.92 Å². The van der Waals surface area contributed by atoms with Gasteiger partial charge in [0.2, 0.25) is 11.8 Å². The number of carbonyl (C=O) groups excluding carboxylic acids is 2. The first-order valence-electron chi connectivity index (χ1n) is 10.0. The van der Waals surface area contributed by atoms with Crippen molar-refractivity contribution in [3.8, 4) is 0 Å². The molecule has 0 aromatic carbocycles. The molecule has 0 saturated carbocycles. The number of nitrogens with two attached hydrogens (primary N) is 2. The van der Waals surface area contributed by atoms with E-state index in [-0.39, 0.29) is 25.9 Å². The lowest BCUT2D eigenvalue weighted by Crippen LogP contribution is -2.65. The van der Waals surface area contributed by atoms with Crippen molar-refractivity contribution in [2.24, 2.45) is 11.5 Å². The Morgan fingerprint density at radius 3 is 2.21 bits per heavy atom. The van der Waals surface area contributed by atoms with E-state index in [2.05, 4.69) is 10.6 Å². The quantitative estimate of drug-likeness (QED) is 0.127. The van der Waals surface area contributed by atoms with Crippen LogP contribution in [0.3, 0.4) is 0 Å². The lowest BCUT2D eigenvalue weighted by Gasteiger charge is -2.43. The fourth-order valence-electron chi connectivity index (χ4n) is 2.75. The average molecular weight is 482 g/mol. The van der Waals surface area contributed by atoms with E-state index in [0.717, 1.165) is 0 Å². The van der Waals surface area contributed by atoms with Gasteiger partial charge in [-0.1, -0.05) is 0 Å². The van der Waals surface area contributed by atoms with Gasteiger partial charge >= 0.3 is 11.9 Å². The van der Waals surface area contributed by atoms with E-state index in [4.69, 9.17) is 31.2 Å². The molecule has 0 aromatic heterocycles. The molecule has 1 heterocycles. The van der Waals surface area contributed by atoms with Crippen LogP contribution in [0, 0.1) is 0 Å². The summed E-state index contributed by atoms with van der Waals surface area (Å²) in [5.41, 5.74) is 9.89. The maximum Gasteiger partial charge on any atom is 0.317 e. The minimum atomic E-state index is -1.45. The van der Waals surface area contributed by atoms with Crippen molar-refractivity contribution in [2.75, 3.05) is 19.7 Å². The predicted molar refractivity (Wildman–Crippen MR) is 110 cm³/mol. The fourth-order valence-corrected chi connectivity index (χ4v) is 2.75. The molecule has 15 nitrogen and oxygen atoms in total. The number of nitrogens with one attached hydrogen (secondary N) is 2. The molecule has 1 fully saturated rings. The van der Waals surface area contributed by atoms with Crippen LogP contribution in [-0.2, 0) is 28.7 Å². The van der Waals surface area contributed by atoms with Crippen molar-refractivity contribution in [3.05, 3.63) is 0 Å². The van der Waals surface area contributed by atoms with Gasteiger partial charge in [-0.25, -0.2) is 0 Å². The summed E-state index contributed by atoms with van der Waals surface area (Å²) in [6, 6.07) is -1.86. The molecule has 7 atom stereocenters. The molecule has 0 aromatic rings. The number of aliphatic hydroxyl groups is 3. The monoisotopic (exact) mass is 482 g/mol. The van der Waals surface area contributed by atoms with Gasteiger partial charge in [-0.05, 0) is 13.3 Å². The average Bonchev–Trinajstić information content (AvgIpc) is 2.71. The second-order valence-electron chi connectivity index (χ2n) is 7.34. The SMILES string of the molecule is CC(=O)N[C@@H]1[C@@H](OC(C)CNCC(=O)O)[C@H](O)[C@@H](CO)O[C@@H]1O.NC(=O)[C@H](N)CCC(=O)O. The fraction of sp³-hybridized carbons (Fsp3) is 0.778. The number of hydrogen-bond donors (Lipinski definition) is 9. The zero-order valence-electron chi connectivity index (χ0n) is 18.4. The Kier molecular flexibility index (Phi) is 14.3. The molecule has 11 N–H and O–H groups in total. The summed E-state index contributed by atoms with van der Waals surface area (Å²) in [4.78, 5) is 41.8. The van der Waals surface area contributed by atoms with Crippen molar-refractivity contribution in [2.45, 2.75) is 69.5 Å². The zero-order valence-corrected chi connectivity index (χ0v) is 18.4. The molecule has 0 spiro atoms. The van der Waals surface area contributed by atoms with Crippen LogP contribution >= 0.6 is 0 Å². The molecule has 192 valence electrons. The third-order valence-electron chi connectivity index (χ3n) is 4.37. The standard InChI is InChI=1S/C13H24N2O8.C5H10N2O3/c1-6(3-14-4-9(18)19)22-12-10(15-7(2)17)13(21)23-8(5-16)11(12)20;6-3(5(7)10)1-2-4(8)9/h6,8,10-14,16,20-21H,3-5H2,1-2H3,(H,15,17)(H,18,19);3H,1-2,6H2,(H2,7,10)(H,8,9)/t6?,8-,10-,11-,12-,13+;3-/m11/s1. The van der Waals surface area contributed by atoms with Crippen LogP contribution in [0.25, 0.3) is 0 Å². The first-order valence-corrected chi connectivity index (χ1v) is 10.0. The Bertz CT molecular complexity index is 651. The Labute approximate surface area is 190 Å². The Morgan fingerprint density at radius 1 is 1.15 bits per heavy atom. The van der Waals surface area contributed by atoms with Crippen molar-refractivity contribution in [3.63, 3.8) is 0 Å². The molecule has 0 aliphatic carbocycles. The second-order valence-corrected chi connectivity index (χ2v) is 7.34. The summed E-state index contributed by atoms with van der Waals surface area (Å²) in [7, 11) is 0. The van der Waals surface area contributed by atoms with Gasteiger partial charge in [-0.15, -0.1) is 0 Å². The highest BCUT2D eigenvalue weighted by atomic mass is 16.6. The van der Waals surface area contributed by atoms with Crippen LogP contribution in [0.5, 0.6) is 0 Å². The summed E-state index contributed by atoms with van der Waals surface area (Å²) < 4.78 is 10.7. The number of carboxylic acids is 2. The minimum Gasteiger partial charge on any atom is -0.481 e. The summed E-state index contributed by atoms with van der Waals surface area (Å²) in [5, 5.41) is 51.1. The van der Waals surface area contributed by atoms with E-state index in [1.807, 2.05) is 0 Å². The van der Waals surface area contributed by atoms with Crippen LogP contribution in [0.1, 0.15) is 26.7 Å². The Balaban J connectivity index is 0.000000861. The third kappa shape index (κ3) is 12.4. The maximum atomic E-state index is 11.3. The molecule has 1 aliphatic rings. The number of primary amides is 1. The van der Waals surface area contributed by atoms with Gasteiger partial charge in [0.1, 0.15) is 24.4 Å². The van der Waals surface area contributed by atoms with Crippen LogP contribution in [0.2, 0.25) is 0 Å². The van der Waals surface area contributed by atoms with Crippen molar-refractivity contribution < 1.29 is 54.2 Å². The molecule has 33 heavy (non-hydrogen) atoms. The predicted octanol–water partition coefficient (Wildman–Crippen LogP) is -4.33. The molecular formula is C18H34N4O11. The number of ether oxygens (including phenoxy) is 2. The van der Waals surface area contributed by atoms with E-state index in [1.165, 1.54) is 6.92 Å². The Hall–Kier alpha value is -2.40. The third-order valence-corrected chi connectivity index (χ3v) is 4.37. The summed E-state index contributed by atoms with van der Waals surface area (Å²) in [6.45, 7) is 2.29. The van der Waals surface area contributed by atoms with Gasteiger partial charge in [-0.2, -0.15) is 0 Å². The second kappa shape index (κ2) is 15.4. The highest BCUT2D eigenvalue weighted by molar-refractivity contribution is 5.80. The van der Waals surface area contributed by atoms with Gasteiger partial charge in [0.25, 0.3) is 0 Å². The number of aliphatic carboxylic acids is 2. The van der Waals surface area contributed by atoms with Crippen molar-refractivity contribution >= 4 is 23.8 Å². The first kappa shape index (κ1) is 30.6. The number of rotatable bonds is 12. The summed E-state index contributed by atoms with van der Waals surface area (Å²) >= 11 is 0. The van der Waals surface area contributed by atoms with Crippen LogP contribution < -0.4 is 22.1 Å². The number of hydrogen-bond acceptors (Lipinski definition) is 11. The van der Waals surface area contributed by atoms with E-state index >= 15 is 0 Å². The molecule has 1 aliphatic heterocycles. The lowest BCUT2D eigenvalue weighted by molar-refractivity contribution is -0.267. The molecule has 2 amide bonds. The highest BCUT2D eigenvalue weighted by Gasteiger charge is 2.46. The summed E-state index contributed by atoms with van der Waals surface area (Å²) in [6.07, 6.45) is -5.35. The van der Waals surface area contributed by atoms with Gasteiger partial charge < -0.3 is 57.1 Å². The first-order chi connectivity index (χ1) is 15.3. The lowest BCUT2D eigenvalue weighted by atomic mass is 9.96. The number of amides is 2. The molecular weight excluding hydrogens is 448 g/mol. The van der Waals surface area contributed by atoms with Crippen LogP contribution in [0.4, 0.5) is 0 Å². The largest absolute Gasteiger partial charge is 0.481 e. The highest BCUT2D eigenvalue weighted by Crippen LogP contribution is 2.23. The van der Waals surface area contributed by atoms with Crippen LogP contribution in [-0.4, -0.2) is 112 Å². The minimum absolute atomic E-state index is 0.102. The normalized spacial score (nSPS) is 26.3. The number of carboxylic acid groups (broad SMARTS) is 2. The van der Waals surface area contributed by atoms with E-state index < -0.39 is 73.1 Å². The van der Waals surface area contributed by atoms with Crippen molar-refractivity contribution in [1.29, 1.82) is 0 Å². The number of aliphatic hydroxyl groups excluding tert-OH is 3. The van der Waals surface area contributed by atoms with Crippen molar-refractivity contribution in [1.82, 2.24) is 10.6 Å². The molecule has 1 unspecified atom stereocenters. The van der Waals surface area contributed by atoms with E-state index in [9.17, 15) is 34.5 Å². The Morgan fingerprint density at radius 2 is 1.76 bits per heavy atom.